The van der Waals surface area contributed by atoms with E-state index >= 15 is 0 Å². The Balaban J connectivity index is 0.00000121. The minimum absolute atomic E-state index is 0. The molecule has 0 fully saturated rings. The van der Waals surface area contributed by atoms with Crippen molar-refractivity contribution in [1.82, 2.24) is 0 Å². The van der Waals surface area contributed by atoms with Crippen LogP contribution >= 0.6 is 0 Å². The van der Waals surface area contributed by atoms with E-state index < -0.39 is 11.9 Å². The summed E-state index contributed by atoms with van der Waals surface area (Å²) in [6, 6.07) is 2.18. The van der Waals surface area contributed by atoms with Crippen LogP contribution in [0.3, 0.4) is 0 Å². The van der Waals surface area contributed by atoms with Crippen LogP contribution in [0.1, 0.15) is 21.1 Å². The fraction of sp³-hybridized carbons (Fsp3) is 0. The van der Waals surface area contributed by atoms with E-state index in [0.717, 1.165) is 12.1 Å². The summed E-state index contributed by atoms with van der Waals surface area (Å²) < 4.78 is 4.41. The monoisotopic (exact) mass is 215 g/mol. The molecule has 6 heteroatoms. The minimum atomic E-state index is -1.28. The Kier molecular flexibility index (Phi) is 3.51. The van der Waals surface area contributed by atoms with Gasteiger partial charge in [-0.1, -0.05) is 0 Å². The van der Waals surface area contributed by atoms with Gasteiger partial charge in [-0.3, -0.25) is 0 Å². The van der Waals surface area contributed by atoms with Crippen LogP contribution in [0.25, 0.3) is 0 Å². The smallest absolute Gasteiger partial charge is 0.371 e. The number of aromatic carboxylic acids is 2. The molecule has 0 saturated carbocycles. The van der Waals surface area contributed by atoms with Crippen LogP contribution in [0.4, 0.5) is 0 Å². The Morgan fingerprint density at radius 1 is 1.08 bits per heavy atom. The summed E-state index contributed by atoms with van der Waals surface area (Å²) in [7, 11) is 0. The summed E-state index contributed by atoms with van der Waals surface area (Å²) in [6.45, 7) is 0. The standard InChI is InChI=1S/C6H4O5.Co/c7-5(8)3-1-2-4(11-3)6(9)10;/h1-2H,(H,7,8)(H,9,10);. The van der Waals surface area contributed by atoms with Gasteiger partial charge in [0.2, 0.25) is 11.5 Å². The summed E-state index contributed by atoms with van der Waals surface area (Å²) in [5.74, 6) is -3.31. The summed E-state index contributed by atoms with van der Waals surface area (Å²) in [5.41, 5.74) is 0. The number of hydrogen-bond acceptors (Lipinski definition) is 3. The van der Waals surface area contributed by atoms with Crippen LogP contribution < -0.4 is 0 Å². The van der Waals surface area contributed by atoms with Crippen molar-refractivity contribution in [3.05, 3.63) is 23.7 Å². The molecule has 1 rings (SSSR count). The molecular formula is C6H4CoO5. The molecule has 0 aliphatic rings. The number of rotatable bonds is 2. The summed E-state index contributed by atoms with van der Waals surface area (Å²) in [6.07, 6.45) is 0. The average molecular weight is 215 g/mol. The summed E-state index contributed by atoms with van der Waals surface area (Å²) in [4.78, 5) is 20.3. The quantitative estimate of drug-likeness (QED) is 0.756. The fourth-order valence-electron chi connectivity index (χ4n) is 0.568. The SMILES string of the molecule is O=C(O)c1ccc(C(=O)O)o1.[Co]. The zero-order chi connectivity index (χ0) is 8.43. The zero-order valence-electron chi connectivity index (χ0n) is 5.61. The molecule has 1 heterocycles. The van der Waals surface area contributed by atoms with Crippen LogP contribution in [-0.2, 0) is 16.8 Å². The average Bonchev–Trinajstić information content (AvgIpc) is 2.33. The summed E-state index contributed by atoms with van der Waals surface area (Å²) in [5, 5.41) is 16.6. The van der Waals surface area contributed by atoms with Crippen molar-refractivity contribution in [3.8, 4) is 0 Å². The van der Waals surface area contributed by atoms with E-state index in [1.807, 2.05) is 0 Å². The van der Waals surface area contributed by atoms with E-state index in [-0.39, 0.29) is 28.3 Å². The van der Waals surface area contributed by atoms with Crippen LogP contribution in [0.2, 0.25) is 0 Å². The maximum absolute atomic E-state index is 10.2. The number of hydrogen-bond donors (Lipinski definition) is 2. The number of carboxylic acids is 2. The van der Waals surface area contributed by atoms with Gasteiger partial charge in [0.1, 0.15) is 0 Å². The largest absolute Gasteiger partial charge is 0.475 e. The van der Waals surface area contributed by atoms with Crippen molar-refractivity contribution in [1.29, 1.82) is 0 Å². The second kappa shape index (κ2) is 3.93. The van der Waals surface area contributed by atoms with E-state index in [1.165, 1.54) is 0 Å². The first-order valence-electron chi connectivity index (χ1n) is 2.67. The van der Waals surface area contributed by atoms with Crippen molar-refractivity contribution in [2.24, 2.45) is 0 Å². The van der Waals surface area contributed by atoms with Crippen LogP contribution in [-0.4, -0.2) is 22.2 Å². The maximum Gasteiger partial charge on any atom is 0.371 e. The molecule has 0 atom stereocenters. The Morgan fingerprint density at radius 2 is 1.42 bits per heavy atom. The second-order valence-electron chi connectivity index (χ2n) is 1.77. The predicted molar refractivity (Wildman–Crippen MR) is 32.6 cm³/mol. The predicted octanol–water partition coefficient (Wildman–Crippen LogP) is 0.673. The molecule has 2 N–H and O–H groups in total. The third-order valence-electron chi connectivity index (χ3n) is 1.03. The summed E-state index contributed by atoms with van der Waals surface area (Å²) >= 11 is 0. The molecule has 0 amide bonds. The molecule has 0 bridgehead atoms. The van der Waals surface area contributed by atoms with Crippen molar-refractivity contribution in [2.75, 3.05) is 0 Å². The molecule has 12 heavy (non-hydrogen) atoms. The molecule has 1 radical (unpaired) electrons. The van der Waals surface area contributed by atoms with Gasteiger partial charge in [0, 0.05) is 16.8 Å². The Bertz CT molecular complexity index is 274. The Labute approximate surface area is 77.2 Å². The van der Waals surface area contributed by atoms with Gasteiger partial charge in [-0.25, -0.2) is 9.59 Å². The third-order valence-corrected chi connectivity index (χ3v) is 1.03. The molecule has 0 aliphatic carbocycles. The van der Waals surface area contributed by atoms with Crippen LogP contribution in [0, 0.1) is 0 Å². The van der Waals surface area contributed by atoms with Crippen molar-refractivity contribution in [3.63, 3.8) is 0 Å². The molecular weight excluding hydrogens is 211 g/mol. The molecule has 0 unspecified atom stereocenters. The molecule has 67 valence electrons. The van der Waals surface area contributed by atoms with Crippen molar-refractivity contribution in [2.45, 2.75) is 0 Å². The van der Waals surface area contributed by atoms with E-state index in [4.69, 9.17) is 10.2 Å². The molecule has 0 spiro atoms. The van der Waals surface area contributed by atoms with E-state index in [2.05, 4.69) is 4.42 Å². The molecule has 1 aromatic rings. The van der Waals surface area contributed by atoms with Gasteiger partial charge in [-0.2, -0.15) is 0 Å². The third kappa shape index (κ3) is 2.11. The van der Waals surface area contributed by atoms with E-state index in [0.29, 0.717) is 0 Å². The molecule has 1 aromatic heterocycles. The Morgan fingerprint density at radius 3 is 1.58 bits per heavy atom. The van der Waals surface area contributed by atoms with Gasteiger partial charge >= 0.3 is 11.9 Å². The first-order valence-corrected chi connectivity index (χ1v) is 2.67. The fourth-order valence-corrected chi connectivity index (χ4v) is 0.568. The van der Waals surface area contributed by atoms with Gasteiger partial charge in [0.15, 0.2) is 0 Å². The van der Waals surface area contributed by atoms with Crippen LogP contribution in [0.15, 0.2) is 16.5 Å². The van der Waals surface area contributed by atoms with Gasteiger partial charge in [0.05, 0.1) is 0 Å². The molecule has 0 saturated heterocycles. The van der Waals surface area contributed by atoms with Gasteiger partial charge in [-0.15, -0.1) is 0 Å². The maximum atomic E-state index is 10.2. The van der Waals surface area contributed by atoms with Gasteiger partial charge in [0.25, 0.3) is 0 Å². The van der Waals surface area contributed by atoms with Gasteiger partial charge in [-0.05, 0) is 12.1 Å². The van der Waals surface area contributed by atoms with E-state index in [1.54, 1.807) is 0 Å². The molecule has 0 aliphatic heterocycles. The molecule has 0 aromatic carbocycles. The first kappa shape index (κ1) is 10.7. The van der Waals surface area contributed by atoms with E-state index in [9.17, 15) is 9.59 Å². The topological polar surface area (TPSA) is 87.7 Å². The number of furan rings is 1. The Hall–Kier alpha value is -1.27. The normalized spacial score (nSPS) is 8.67. The van der Waals surface area contributed by atoms with Gasteiger partial charge < -0.3 is 14.6 Å². The number of carboxylic acid groups (broad SMARTS) is 2. The first-order chi connectivity index (χ1) is 5.11. The zero-order valence-corrected chi connectivity index (χ0v) is 6.65. The van der Waals surface area contributed by atoms with Crippen molar-refractivity contribution >= 4 is 11.9 Å². The minimum Gasteiger partial charge on any atom is -0.475 e. The molecule has 5 nitrogen and oxygen atoms in total. The van der Waals surface area contributed by atoms with Crippen LogP contribution in [0.5, 0.6) is 0 Å². The number of carbonyl (C=O) groups is 2. The van der Waals surface area contributed by atoms with Crippen molar-refractivity contribution < 1.29 is 41.0 Å². The second-order valence-corrected chi connectivity index (χ2v) is 1.77.